The normalized spacial score (nSPS) is 15.8. The largest absolute Gasteiger partial charge is 0.419 e. The first-order chi connectivity index (χ1) is 15.3. The first-order valence-electron chi connectivity index (χ1n) is 10.7. The Kier molecular flexibility index (Phi) is 6.21. The molecule has 0 saturated carbocycles. The van der Waals surface area contributed by atoms with E-state index in [-0.39, 0.29) is 22.3 Å². The summed E-state index contributed by atoms with van der Waals surface area (Å²) in [7, 11) is -2.12. The van der Waals surface area contributed by atoms with Crippen LogP contribution >= 0.6 is 0 Å². The van der Waals surface area contributed by atoms with E-state index in [1.54, 1.807) is 13.1 Å². The standard InChI is InChI=1S/C23H27N3O5S/c1-16-5-3-4-6-18(16)15-24-22(27)13-17-9-11-26(12-10-17)32(29,30)19-7-8-20-21(14-19)31-23(28)25(20)2/h3-8,14,17H,9-13,15H2,1-2H3,(H,24,27). The quantitative estimate of drug-likeness (QED) is 0.613. The third kappa shape index (κ3) is 4.49. The van der Waals surface area contributed by atoms with Crippen LogP contribution in [0.5, 0.6) is 0 Å². The average molecular weight is 458 g/mol. The Balaban J connectivity index is 1.34. The van der Waals surface area contributed by atoms with E-state index in [1.807, 2.05) is 31.2 Å². The first-order valence-corrected chi connectivity index (χ1v) is 12.1. The monoisotopic (exact) mass is 457 g/mol. The second-order valence-electron chi connectivity index (χ2n) is 8.31. The van der Waals surface area contributed by atoms with Crippen LogP contribution in [0, 0.1) is 12.8 Å². The summed E-state index contributed by atoms with van der Waals surface area (Å²) in [6, 6.07) is 12.4. The molecule has 32 heavy (non-hydrogen) atoms. The molecule has 0 bridgehead atoms. The molecule has 3 aromatic rings. The molecule has 8 nitrogen and oxygen atoms in total. The molecule has 0 atom stereocenters. The van der Waals surface area contributed by atoms with E-state index in [4.69, 9.17) is 4.42 Å². The Hall–Kier alpha value is -2.91. The maximum absolute atomic E-state index is 13.1. The number of rotatable bonds is 6. The molecule has 9 heteroatoms. The summed E-state index contributed by atoms with van der Waals surface area (Å²) in [5.41, 5.74) is 3.02. The molecule has 1 N–H and O–H groups in total. The van der Waals surface area contributed by atoms with E-state index in [1.165, 1.54) is 21.0 Å². The van der Waals surface area contributed by atoms with Crippen LogP contribution in [0.2, 0.25) is 0 Å². The summed E-state index contributed by atoms with van der Waals surface area (Å²) in [5, 5.41) is 2.97. The zero-order chi connectivity index (χ0) is 22.9. The molecular formula is C23H27N3O5S. The van der Waals surface area contributed by atoms with Gasteiger partial charge >= 0.3 is 5.76 Å². The van der Waals surface area contributed by atoms with Crippen molar-refractivity contribution in [1.29, 1.82) is 0 Å². The summed E-state index contributed by atoms with van der Waals surface area (Å²) in [6.45, 7) is 3.22. The predicted molar refractivity (Wildman–Crippen MR) is 121 cm³/mol. The number of nitrogens with one attached hydrogen (secondary N) is 1. The van der Waals surface area contributed by atoms with E-state index in [0.717, 1.165) is 11.1 Å². The predicted octanol–water partition coefficient (Wildman–Crippen LogP) is 2.55. The van der Waals surface area contributed by atoms with E-state index in [0.29, 0.717) is 44.4 Å². The van der Waals surface area contributed by atoms with Crippen LogP contribution in [0.25, 0.3) is 11.1 Å². The van der Waals surface area contributed by atoms with Crippen LogP contribution in [0.3, 0.4) is 0 Å². The molecule has 2 heterocycles. The van der Waals surface area contributed by atoms with Gasteiger partial charge in [-0.05, 0) is 48.9 Å². The lowest BCUT2D eigenvalue weighted by Crippen LogP contribution is -2.39. The lowest BCUT2D eigenvalue weighted by atomic mass is 9.94. The molecule has 2 aromatic carbocycles. The van der Waals surface area contributed by atoms with E-state index in [9.17, 15) is 18.0 Å². The number of fused-ring (bicyclic) bond motifs is 1. The Morgan fingerprint density at radius 2 is 1.88 bits per heavy atom. The van der Waals surface area contributed by atoms with Crippen molar-refractivity contribution in [2.24, 2.45) is 13.0 Å². The average Bonchev–Trinajstić information content (AvgIpc) is 3.06. The molecule has 0 aliphatic carbocycles. The van der Waals surface area contributed by atoms with Gasteiger partial charge in [-0.25, -0.2) is 13.2 Å². The van der Waals surface area contributed by atoms with Crippen molar-refractivity contribution < 1.29 is 17.6 Å². The van der Waals surface area contributed by atoms with Crippen LogP contribution in [0.1, 0.15) is 30.4 Å². The fourth-order valence-electron chi connectivity index (χ4n) is 4.11. The van der Waals surface area contributed by atoms with Gasteiger partial charge in [-0.2, -0.15) is 4.31 Å². The summed E-state index contributed by atoms with van der Waals surface area (Å²) >= 11 is 0. The Morgan fingerprint density at radius 1 is 1.16 bits per heavy atom. The topological polar surface area (TPSA) is 102 Å². The number of piperidine rings is 1. The van der Waals surface area contributed by atoms with Crippen molar-refractivity contribution in [1.82, 2.24) is 14.2 Å². The van der Waals surface area contributed by atoms with Gasteiger partial charge in [-0.1, -0.05) is 24.3 Å². The van der Waals surface area contributed by atoms with Gasteiger partial charge in [0.05, 0.1) is 10.4 Å². The smallest absolute Gasteiger partial charge is 0.408 e. The molecule has 1 aromatic heterocycles. The summed E-state index contributed by atoms with van der Waals surface area (Å²) < 4.78 is 34.0. The van der Waals surface area contributed by atoms with Gasteiger partial charge in [0.2, 0.25) is 15.9 Å². The zero-order valence-corrected chi connectivity index (χ0v) is 19.0. The zero-order valence-electron chi connectivity index (χ0n) is 18.2. The summed E-state index contributed by atoms with van der Waals surface area (Å²) in [6.07, 6.45) is 1.64. The van der Waals surface area contributed by atoms with Crippen LogP contribution in [-0.2, 0) is 28.4 Å². The Morgan fingerprint density at radius 3 is 2.59 bits per heavy atom. The van der Waals surface area contributed by atoms with Crippen molar-refractivity contribution in [2.75, 3.05) is 13.1 Å². The van der Waals surface area contributed by atoms with Gasteiger partial charge in [0, 0.05) is 39.2 Å². The lowest BCUT2D eigenvalue weighted by molar-refractivity contribution is -0.122. The number of hydrogen-bond acceptors (Lipinski definition) is 5. The molecule has 0 unspecified atom stereocenters. The van der Waals surface area contributed by atoms with Gasteiger partial charge in [0.25, 0.3) is 0 Å². The molecule has 4 rings (SSSR count). The third-order valence-electron chi connectivity index (χ3n) is 6.19. The number of carbonyl (C=O) groups is 1. The highest BCUT2D eigenvalue weighted by Gasteiger charge is 2.30. The fourth-order valence-corrected chi connectivity index (χ4v) is 5.60. The van der Waals surface area contributed by atoms with Crippen LogP contribution in [0.4, 0.5) is 0 Å². The number of carbonyl (C=O) groups excluding carboxylic acids is 1. The highest BCUT2D eigenvalue weighted by Crippen LogP contribution is 2.27. The lowest BCUT2D eigenvalue weighted by Gasteiger charge is -2.31. The van der Waals surface area contributed by atoms with Crippen molar-refractivity contribution in [3.8, 4) is 0 Å². The third-order valence-corrected chi connectivity index (χ3v) is 8.08. The molecule has 1 aliphatic heterocycles. The van der Waals surface area contributed by atoms with Gasteiger partial charge < -0.3 is 9.73 Å². The second-order valence-corrected chi connectivity index (χ2v) is 10.2. The van der Waals surface area contributed by atoms with Gasteiger partial charge in [0.15, 0.2) is 5.58 Å². The van der Waals surface area contributed by atoms with Crippen LogP contribution < -0.4 is 11.1 Å². The molecule has 0 radical (unpaired) electrons. The number of oxazole rings is 1. The first kappa shape index (κ1) is 22.3. The number of aromatic nitrogens is 1. The molecule has 1 fully saturated rings. The SMILES string of the molecule is Cc1ccccc1CNC(=O)CC1CCN(S(=O)(=O)c2ccc3c(c2)oc(=O)n3C)CC1. The van der Waals surface area contributed by atoms with Crippen LogP contribution in [0.15, 0.2) is 56.6 Å². The van der Waals surface area contributed by atoms with E-state index < -0.39 is 15.8 Å². The van der Waals surface area contributed by atoms with Gasteiger partial charge in [-0.3, -0.25) is 9.36 Å². The van der Waals surface area contributed by atoms with Crippen molar-refractivity contribution >= 4 is 27.0 Å². The number of benzene rings is 2. The molecule has 170 valence electrons. The highest BCUT2D eigenvalue weighted by atomic mass is 32.2. The molecule has 1 aliphatic rings. The number of amides is 1. The minimum Gasteiger partial charge on any atom is -0.408 e. The van der Waals surface area contributed by atoms with Crippen molar-refractivity contribution in [2.45, 2.75) is 37.6 Å². The number of nitrogens with zero attached hydrogens (tertiary/aromatic N) is 2. The van der Waals surface area contributed by atoms with Crippen molar-refractivity contribution in [3.05, 3.63) is 64.1 Å². The maximum atomic E-state index is 13.1. The van der Waals surface area contributed by atoms with Crippen LogP contribution in [-0.4, -0.2) is 36.3 Å². The van der Waals surface area contributed by atoms with E-state index in [2.05, 4.69) is 5.32 Å². The van der Waals surface area contributed by atoms with Crippen molar-refractivity contribution in [3.63, 3.8) is 0 Å². The minimum atomic E-state index is -3.70. The Labute approximate surface area is 186 Å². The van der Waals surface area contributed by atoms with E-state index >= 15 is 0 Å². The molecule has 0 spiro atoms. The number of sulfonamides is 1. The fraction of sp³-hybridized carbons (Fsp3) is 0.391. The summed E-state index contributed by atoms with van der Waals surface area (Å²) in [5.74, 6) is -0.400. The minimum absolute atomic E-state index is 0.0147. The van der Waals surface area contributed by atoms with Gasteiger partial charge in [0.1, 0.15) is 0 Å². The van der Waals surface area contributed by atoms with Gasteiger partial charge in [-0.15, -0.1) is 0 Å². The second kappa shape index (κ2) is 8.91. The number of aryl methyl sites for hydroxylation is 2. The molecular weight excluding hydrogens is 430 g/mol. The Bertz CT molecular complexity index is 1300. The molecule has 1 amide bonds. The molecule has 1 saturated heterocycles. The maximum Gasteiger partial charge on any atom is 0.419 e. The number of hydrogen-bond donors (Lipinski definition) is 1. The highest BCUT2D eigenvalue weighted by molar-refractivity contribution is 7.89. The summed E-state index contributed by atoms with van der Waals surface area (Å²) in [4.78, 5) is 24.1.